The third-order valence-corrected chi connectivity index (χ3v) is 4.44. The number of hydrogen-bond donors (Lipinski definition) is 3. The first kappa shape index (κ1) is 18.6. The smallest absolute Gasteiger partial charge is 0.279 e. The van der Waals surface area contributed by atoms with Crippen LogP contribution in [0.2, 0.25) is 0 Å². The summed E-state index contributed by atoms with van der Waals surface area (Å²) >= 11 is 0. The molecule has 7 nitrogen and oxygen atoms in total. The molecule has 4 rings (SSSR count). The number of aliphatic imine (C=N–C) groups is 1. The summed E-state index contributed by atoms with van der Waals surface area (Å²) in [6.07, 6.45) is 5.93. The van der Waals surface area contributed by atoms with Crippen LogP contribution in [0.5, 0.6) is 0 Å². The maximum atomic E-state index is 13.0. The van der Waals surface area contributed by atoms with Gasteiger partial charge in [-0.1, -0.05) is 36.4 Å². The second-order valence-corrected chi connectivity index (χ2v) is 6.48. The van der Waals surface area contributed by atoms with Crippen LogP contribution in [0.1, 0.15) is 5.56 Å². The third-order valence-electron chi connectivity index (χ3n) is 4.44. The van der Waals surface area contributed by atoms with Gasteiger partial charge in [-0.15, -0.1) is 0 Å². The van der Waals surface area contributed by atoms with Gasteiger partial charge in [-0.05, 0) is 41.0 Å². The Labute approximate surface area is 166 Å². The number of nitrogens with one attached hydrogen (secondary N) is 2. The number of hydrogen-bond acceptors (Lipinski definition) is 5. The predicted molar refractivity (Wildman–Crippen MR) is 106 cm³/mol. The van der Waals surface area contributed by atoms with Crippen LogP contribution < -0.4 is 10.6 Å². The van der Waals surface area contributed by atoms with E-state index in [1.807, 2.05) is 24.3 Å². The van der Waals surface area contributed by atoms with Gasteiger partial charge in [0.2, 0.25) is 5.96 Å². The summed E-state index contributed by atoms with van der Waals surface area (Å²) in [4.78, 5) is 16.6. The molecule has 0 radical (unpaired) electrons. The molecule has 0 aliphatic carbocycles. The van der Waals surface area contributed by atoms with Crippen molar-refractivity contribution >= 4 is 11.9 Å². The highest BCUT2D eigenvalue weighted by atomic mass is 19.1. The van der Waals surface area contributed by atoms with Crippen LogP contribution in [0.4, 0.5) is 4.39 Å². The van der Waals surface area contributed by atoms with Crippen molar-refractivity contribution in [3.05, 3.63) is 90.6 Å². The van der Waals surface area contributed by atoms with E-state index in [2.05, 4.69) is 20.7 Å². The maximum absolute atomic E-state index is 13.0. The molecule has 1 amide bonds. The highest BCUT2D eigenvalue weighted by molar-refractivity contribution is 5.93. The van der Waals surface area contributed by atoms with Gasteiger partial charge in [0.05, 0.1) is 0 Å². The second kappa shape index (κ2) is 7.69. The standard InChI is InChI=1S/C21H18FN5O2/c22-18-8-6-17(7-9-18)16-4-2-15(3-5-16)14-24-19(28)21(29)10-12-23-20(26-21)27-13-1-11-25-27/h1-13,29H,14H2,(H,23,26)(H,24,28). The van der Waals surface area contributed by atoms with Gasteiger partial charge in [0.25, 0.3) is 11.6 Å². The topological polar surface area (TPSA) is 91.5 Å². The first-order chi connectivity index (χ1) is 14.0. The minimum Gasteiger partial charge on any atom is -0.358 e. The van der Waals surface area contributed by atoms with E-state index in [-0.39, 0.29) is 18.3 Å². The van der Waals surface area contributed by atoms with Gasteiger partial charge in [-0.3, -0.25) is 4.79 Å². The summed E-state index contributed by atoms with van der Waals surface area (Å²) in [6.45, 7) is 0.221. The molecule has 8 heteroatoms. The predicted octanol–water partition coefficient (Wildman–Crippen LogP) is 2.02. The summed E-state index contributed by atoms with van der Waals surface area (Å²) < 4.78 is 14.5. The number of halogens is 1. The van der Waals surface area contributed by atoms with Crippen molar-refractivity contribution in [3.8, 4) is 11.1 Å². The van der Waals surface area contributed by atoms with Crippen LogP contribution in [0.25, 0.3) is 11.1 Å². The molecule has 0 spiro atoms. The number of aromatic nitrogens is 2. The van der Waals surface area contributed by atoms with Gasteiger partial charge >= 0.3 is 0 Å². The number of rotatable bonds is 4. The molecule has 2 heterocycles. The lowest BCUT2D eigenvalue weighted by atomic mass is 10.0. The van der Waals surface area contributed by atoms with Crippen LogP contribution in [0, 0.1) is 5.82 Å². The molecule has 1 aliphatic rings. The third kappa shape index (κ3) is 4.07. The first-order valence-corrected chi connectivity index (χ1v) is 8.93. The highest BCUT2D eigenvalue weighted by Crippen LogP contribution is 2.20. The average Bonchev–Trinajstić information content (AvgIpc) is 3.28. The molecule has 3 N–H and O–H groups in total. The largest absolute Gasteiger partial charge is 0.358 e. The minimum absolute atomic E-state index is 0.221. The number of amides is 1. The molecule has 1 unspecified atom stereocenters. The zero-order valence-electron chi connectivity index (χ0n) is 15.3. The Hall–Kier alpha value is -3.78. The zero-order chi connectivity index (χ0) is 20.3. The molecule has 0 saturated carbocycles. The second-order valence-electron chi connectivity index (χ2n) is 6.48. The molecule has 0 saturated heterocycles. The fourth-order valence-electron chi connectivity index (χ4n) is 2.87. The molecule has 146 valence electrons. The van der Waals surface area contributed by atoms with Crippen molar-refractivity contribution in [1.82, 2.24) is 20.4 Å². The van der Waals surface area contributed by atoms with E-state index in [9.17, 15) is 14.3 Å². The van der Waals surface area contributed by atoms with Crippen LogP contribution >= 0.6 is 0 Å². The quantitative estimate of drug-likeness (QED) is 0.635. The van der Waals surface area contributed by atoms with E-state index in [1.54, 1.807) is 30.6 Å². The van der Waals surface area contributed by atoms with E-state index in [4.69, 9.17) is 0 Å². The van der Waals surface area contributed by atoms with Crippen LogP contribution in [0.15, 0.2) is 84.3 Å². The van der Waals surface area contributed by atoms with Gasteiger partial charge in [-0.25, -0.2) is 14.1 Å². The van der Waals surface area contributed by atoms with Gasteiger partial charge in [-0.2, -0.15) is 5.10 Å². The first-order valence-electron chi connectivity index (χ1n) is 8.93. The zero-order valence-corrected chi connectivity index (χ0v) is 15.3. The Morgan fingerprint density at radius 3 is 2.48 bits per heavy atom. The van der Waals surface area contributed by atoms with Crippen molar-refractivity contribution in [2.45, 2.75) is 12.3 Å². The molecular weight excluding hydrogens is 373 g/mol. The normalized spacial score (nSPS) is 18.1. The molecule has 29 heavy (non-hydrogen) atoms. The fourth-order valence-corrected chi connectivity index (χ4v) is 2.87. The van der Waals surface area contributed by atoms with Crippen molar-refractivity contribution in [1.29, 1.82) is 0 Å². The molecule has 1 aliphatic heterocycles. The molecular formula is C21H18FN5O2. The van der Waals surface area contributed by atoms with E-state index in [0.29, 0.717) is 0 Å². The summed E-state index contributed by atoms with van der Waals surface area (Å²) in [5.41, 5.74) is 0.660. The van der Waals surface area contributed by atoms with E-state index < -0.39 is 11.6 Å². The van der Waals surface area contributed by atoms with Gasteiger partial charge in [0.1, 0.15) is 5.82 Å². The molecule has 3 aromatic rings. The van der Waals surface area contributed by atoms with E-state index >= 15 is 0 Å². The Bertz CT molecular complexity index is 1060. The summed E-state index contributed by atoms with van der Waals surface area (Å²) in [5.74, 6) is -0.697. The van der Waals surface area contributed by atoms with Crippen molar-refractivity contribution < 1.29 is 14.3 Å². The Morgan fingerprint density at radius 2 is 1.83 bits per heavy atom. The number of carbonyl (C=O) groups excluding carboxylic acids is 1. The molecule has 1 aromatic heterocycles. The molecule has 0 fully saturated rings. The number of aliphatic hydroxyl groups is 1. The Kier molecular flexibility index (Phi) is 4.92. The van der Waals surface area contributed by atoms with E-state index in [1.165, 1.54) is 29.1 Å². The van der Waals surface area contributed by atoms with Crippen LogP contribution in [-0.2, 0) is 11.3 Å². The number of carbonyl (C=O) groups is 1. The van der Waals surface area contributed by atoms with E-state index in [0.717, 1.165) is 16.7 Å². The Balaban J connectivity index is 1.42. The van der Waals surface area contributed by atoms with Crippen molar-refractivity contribution in [3.63, 3.8) is 0 Å². The SMILES string of the molecule is O=C(NCc1ccc(-c2ccc(F)cc2)cc1)C1(O)C=CNC(n2cccn2)=N1. The minimum atomic E-state index is -2.03. The van der Waals surface area contributed by atoms with Gasteiger partial charge in [0.15, 0.2) is 0 Å². The Morgan fingerprint density at radius 1 is 1.14 bits per heavy atom. The van der Waals surface area contributed by atoms with Gasteiger partial charge < -0.3 is 15.7 Å². The summed E-state index contributed by atoms with van der Waals surface area (Å²) in [5, 5.41) is 20.2. The molecule has 0 bridgehead atoms. The average molecular weight is 391 g/mol. The molecule has 2 aromatic carbocycles. The van der Waals surface area contributed by atoms with Gasteiger partial charge in [0, 0.05) is 25.1 Å². The number of nitrogens with zero attached hydrogens (tertiary/aromatic N) is 3. The van der Waals surface area contributed by atoms with Crippen LogP contribution in [0.3, 0.4) is 0 Å². The summed E-state index contributed by atoms with van der Waals surface area (Å²) in [6, 6.07) is 15.4. The summed E-state index contributed by atoms with van der Waals surface area (Å²) in [7, 11) is 0. The van der Waals surface area contributed by atoms with Crippen molar-refractivity contribution in [2.75, 3.05) is 0 Å². The molecule has 1 atom stereocenters. The fraction of sp³-hybridized carbons (Fsp3) is 0.0952. The lowest BCUT2D eigenvalue weighted by Gasteiger charge is -2.24. The maximum Gasteiger partial charge on any atom is 0.279 e. The monoisotopic (exact) mass is 391 g/mol. The lowest BCUT2D eigenvalue weighted by Crippen LogP contribution is -2.48. The van der Waals surface area contributed by atoms with Crippen LogP contribution in [-0.4, -0.2) is 32.5 Å². The van der Waals surface area contributed by atoms with Crippen molar-refractivity contribution in [2.24, 2.45) is 4.99 Å². The lowest BCUT2D eigenvalue weighted by molar-refractivity contribution is -0.134. The number of benzene rings is 2. The highest BCUT2D eigenvalue weighted by Gasteiger charge is 2.35.